The van der Waals surface area contributed by atoms with E-state index in [2.05, 4.69) is 5.32 Å². The van der Waals surface area contributed by atoms with E-state index >= 15 is 0 Å². The topological polar surface area (TPSA) is 29.1 Å². The predicted octanol–water partition coefficient (Wildman–Crippen LogP) is 4.89. The minimum Gasteiger partial charge on any atom is -0.355 e. The second kappa shape index (κ2) is 9.21. The first-order chi connectivity index (χ1) is 11.0. The zero-order chi connectivity index (χ0) is 16.7. The molecule has 2 nitrogen and oxygen atoms in total. The Labute approximate surface area is 151 Å². The zero-order valence-electron chi connectivity index (χ0n) is 12.9. The molecule has 0 aliphatic heterocycles. The number of hydrogen-bond acceptors (Lipinski definition) is 2. The number of aryl methyl sites for hydroxylation is 1. The highest BCUT2D eigenvalue weighted by molar-refractivity contribution is 7.98. The SMILES string of the molecule is Cc1ccc(CC(=O)NCCSCc2ccc(Cl)c(Cl)c2)cc1. The van der Waals surface area contributed by atoms with Gasteiger partial charge in [-0.05, 0) is 30.2 Å². The van der Waals surface area contributed by atoms with Crippen molar-refractivity contribution in [3.63, 3.8) is 0 Å². The highest BCUT2D eigenvalue weighted by Crippen LogP contribution is 2.24. The average Bonchev–Trinajstić information content (AvgIpc) is 2.53. The number of hydrogen-bond donors (Lipinski definition) is 1. The number of rotatable bonds is 7. The van der Waals surface area contributed by atoms with Crippen molar-refractivity contribution in [3.8, 4) is 0 Å². The van der Waals surface area contributed by atoms with Crippen LogP contribution in [0, 0.1) is 6.92 Å². The molecular formula is C18H19Cl2NOS. The van der Waals surface area contributed by atoms with Crippen LogP contribution in [0.5, 0.6) is 0 Å². The van der Waals surface area contributed by atoms with Gasteiger partial charge in [-0.15, -0.1) is 0 Å². The molecule has 0 aliphatic carbocycles. The summed E-state index contributed by atoms with van der Waals surface area (Å²) in [5, 5.41) is 4.10. The third kappa shape index (κ3) is 6.46. The maximum atomic E-state index is 11.9. The van der Waals surface area contributed by atoms with Gasteiger partial charge < -0.3 is 5.32 Å². The van der Waals surface area contributed by atoms with Gasteiger partial charge in [0.2, 0.25) is 5.91 Å². The quantitative estimate of drug-likeness (QED) is 0.705. The van der Waals surface area contributed by atoms with Crippen LogP contribution in [0.25, 0.3) is 0 Å². The second-order valence-corrected chi connectivity index (χ2v) is 7.23. The molecule has 0 aliphatic rings. The Morgan fingerprint density at radius 3 is 2.43 bits per heavy atom. The number of carbonyl (C=O) groups excluding carboxylic acids is 1. The van der Waals surface area contributed by atoms with Gasteiger partial charge in [0.15, 0.2) is 0 Å². The fourth-order valence-corrected chi connectivity index (χ4v) is 3.16. The zero-order valence-corrected chi connectivity index (χ0v) is 15.3. The summed E-state index contributed by atoms with van der Waals surface area (Å²) in [6.07, 6.45) is 0.428. The lowest BCUT2D eigenvalue weighted by Gasteiger charge is -2.06. The first-order valence-electron chi connectivity index (χ1n) is 7.38. The summed E-state index contributed by atoms with van der Waals surface area (Å²) in [7, 11) is 0. The van der Waals surface area contributed by atoms with Crippen molar-refractivity contribution in [1.82, 2.24) is 5.32 Å². The molecule has 0 aromatic heterocycles. The van der Waals surface area contributed by atoms with E-state index in [9.17, 15) is 4.79 Å². The van der Waals surface area contributed by atoms with Crippen LogP contribution < -0.4 is 5.32 Å². The van der Waals surface area contributed by atoms with Crippen LogP contribution in [0.15, 0.2) is 42.5 Å². The molecule has 0 saturated heterocycles. The van der Waals surface area contributed by atoms with Crippen molar-refractivity contribution in [2.75, 3.05) is 12.3 Å². The first-order valence-corrected chi connectivity index (χ1v) is 9.29. The van der Waals surface area contributed by atoms with Crippen LogP contribution in [0.2, 0.25) is 10.0 Å². The minimum atomic E-state index is 0.0593. The summed E-state index contributed by atoms with van der Waals surface area (Å²) < 4.78 is 0. The van der Waals surface area contributed by atoms with Crippen molar-refractivity contribution in [1.29, 1.82) is 0 Å². The van der Waals surface area contributed by atoms with Crippen molar-refractivity contribution >= 4 is 40.9 Å². The molecule has 2 aromatic carbocycles. The highest BCUT2D eigenvalue weighted by atomic mass is 35.5. The smallest absolute Gasteiger partial charge is 0.224 e. The standard InChI is InChI=1S/C18H19Cl2NOS/c1-13-2-4-14(5-3-13)11-18(22)21-8-9-23-12-15-6-7-16(19)17(20)10-15/h2-7,10H,8-9,11-12H2,1H3,(H,21,22). The maximum absolute atomic E-state index is 11.9. The van der Waals surface area contributed by atoms with Crippen LogP contribution in [0.4, 0.5) is 0 Å². The average molecular weight is 368 g/mol. The lowest BCUT2D eigenvalue weighted by atomic mass is 10.1. The van der Waals surface area contributed by atoms with E-state index in [1.807, 2.05) is 49.4 Å². The molecule has 122 valence electrons. The summed E-state index contributed by atoms with van der Waals surface area (Å²) in [6, 6.07) is 13.7. The third-order valence-electron chi connectivity index (χ3n) is 3.31. The normalized spacial score (nSPS) is 10.6. The number of amides is 1. The van der Waals surface area contributed by atoms with Gasteiger partial charge in [0.25, 0.3) is 0 Å². The van der Waals surface area contributed by atoms with Crippen molar-refractivity contribution in [2.45, 2.75) is 19.1 Å². The van der Waals surface area contributed by atoms with Crippen molar-refractivity contribution in [2.24, 2.45) is 0 Å². The Morgan fingerprint density at radius 1 is 1.04 bits per heavy atom. The molecule has 23 heavy (non-hydrogen) atoms. The fourth-order valence-electron chi connectivity index (χ4n) is 2.04. The van der Waals surface area contributed by atoms with E-state index in [1.54, 1.807) is 11.8 Å². The Bertz CT molecular complexity index is 659. The fraction of sp³-hybridized carbons (Fsp3) is 0.278. The van der Waals surface area contributed by atoms with E-state index in [4.69, 9.17) is 23.2 Å². The van der Waals surface area contributed by atoms with Gasteiger partial charge in [0, 0.05) is 18.1 Å². The van der Waals surface area contributed by atoms with Gasteiger partial charge in [-0.2, -0.15) is 11.8 Å². The molecule has 0 heterocycles. The number of carbonyl (C=O) groups is 1. The van der Waals surface area contributed by atoms with E-state index in [1.165, 1.54) is 5.56 Å². The molecule has 0 unspecified atom stereocenters. The molecule has 0 spiro atoms. The number of benzene rings is 2. The Morgan fingerprint density at radius 2 is 1.74 bits per heavy atom. The third-order valence-corrected chi connectivity index (χ3v) is 5.08. The molecule has 0 radical (unpaired) electrons. The molecule has 0 fully saturated rings. The van der Waals surface area contributed by atoms with Crippen molar-refractivity contribution < 1.29 is 4.79 Å². The van der Waals surface area contributed by atoms with E-state index in [-0.39, 0.29) is 5.91 Å². The lowest BCUT2D eigenvalue weighted by molar-refractivity contribution is -0.120. The summed E-state index contributed by atoms with van der Waals surface area (Å²) in [5.41, 5.74) is 3.37. The summed E-state index contributed by atoms with van der Waals surface area (Å²) in [4.78, 5) is 11.9. The molecule has 0 atom stereocenters. The molecular weight excluding hydrogens is 349 g/mol. The van der Waals surface area contributed by atoms with Gasteiger partial charge >= 0.3 is 0 Å². The monoisotopic (exact) mass is 367 g/mol. The lowest BCUT2D eigenvalue weighted by Crippen LogP contribution is -2.27. The van der Waals surface area contributed by atoms with Gasteiger partial charge in [-0.25, -0.2) is 0 Å². The molecule has 0 saturated carbocycles. The van der Waals surface area contributed by atoms with Gasteiger partial charge in [0.1, 0.15) is 0 Å². The molecule has 1 N–H and O–H groups in total. The first kappa shape index (κ1) is 18.2. The van der Waals surface area contributed by atoms with E-state index in [0.717, 1.165) is 22.6 Å². The van der Waals surface area contributed by atoms with Gasteiger partial charge in [0.05, 0.1) is 16.5 Å². The van der Waals surface area contributed by atoms with Crippen LogP contribution in [0.1, 0.15) is 16.7 Å². The molecule has 2 aromatic rings. The van der Waals surface area contributed by atoms with Gasteiger partial charge in [-0.1, -0.05) is 59.1 Å². The molecule has 0 bridgehead atoms. The number of thioether (sulfide) groups is 1. The largest absolute Gasteiger partial charge is 0.355 e. The summed E-state index contributed by atoms with van der Waals surface area (Å²) in [6.45, 7) is 2.70. The van der Waals surface area contributed by atoms with Crippen LogP contribution >= 0.6 is 35.0 Å². The molecule has 1 amide bonds. The van der Waals surface area contributed by atoms with Gasteiger partial charge in [-0.3, -0.25) is 4.79 Å². The highest BCUT2D eigenvalue weighted by Gasteiger charge is 2.03. The minimum absolute atomic E-state index is 0.0593. The molecule has 5 heteroatoms. The van der Waals surface area contributed by atoms with Crippen LogP contribution in [-0.2, 0) is 17.0 Å². The maximum Gasteiger partial charge on any atom is 0.224 e. The molecule has 2 rings (SSSR count). The van der Waals surface area contributed by atoms with Crippen LogP contribution in [0.3, 0.4) is 0 Å². The number of nitrogens with one attached hydrogen (secondary N) is 1. The van der Waals surface area contributed by atoms with Crippen LogP contribution in [-0.4, -0.2) is 18.2 Å². The number of halogens is 2. The Hall–Kier alpha value is -1.16. The summed E-state index contributed by atoms with van der Waals surface area (Å²) in [5.74, 6) is 1.77. The Balaban J connectivity index is 1.64. The summed E-state index contributed by atoms with van der Waals surface area (Å²) >= 11 is 13.6. The Kier molecular flexibility index (Phi) is 7.28. The second-order valence-electron chi connectivity index (χ2n) is 5.31. The van der Waals surface area contributed by atoms with E-state index < -0.39 is 0 Å². The van der Waals surface area contributed by atoms with Crippen molar-refractivity contribution in [3.05, 3.63) is 69.2 Å². The predicted molar refractivity (Wildman–Crippen MR) is 101 cm³/mol. The van der Waals surface area contributed by atoms with E-state index in [0.29, 0.717) is 23.0 Å².